The minimum Gasteiger partial charge on any atom is -0.347 e. The third-order valence-electron chi connectivity index (χ3n) is 4.22. The van der Waals surface area contributed by atoms with Gasteiger partial charge >= 0.3 is 0 Å². The van der Waals surface area contributed by atoms with Crippen LogP contribution in [0.1, 0.15) is 33.9 Å². The lowest BCUT2D eigenvalue weighted by Gasteiger charge is -2.20. The second kappa shape index (κ2) is 5.96. The van der Waals surface area contributed by atoms with Gasteiger partial charge in [-0.15, -0.1) is 22.7 Å². The lowest BCUT2D eigenvalue weighted by molar-refractivity contribution is 0.0935. The highest BCUT2D eigenvalue weighted by Gasteiger charge is 2.39. The van der Waals surface area contributed by atoms with Gasteiger partial charge in [-0.3, -0.25) is 4.79 Å². The average Bonchev–Trinajstić information content (AvgIpc) is 3.24. The van der Waals surface area contributed by atoms with Crippen molar-refractivity contribution < 1.29 is 4.79 Å². The number of carbonyl (C=O) groups is 1. The normalized spacial score (nSPS) is 26.5. The van der Waals surface area contributed by atoms with Crippen molar-refractivity contribution in [1.29, 1.82) is 0 Å². The van der Waals surface area contributed by atoms with E-state index in [2.05, 4.69) is 15.6 Å². The van der Waals surface area contributed by atoms with E-state index in [-0.39, 0.29) is 5.91 Å². The molecule has 2 bridgehead atoms. The molecule has 4 nitrogen and oxygen atoms in total. The molecule has 2 aliphatic heterocycles. The Kier molecular flexibility index (Phi) is 3.98. The lowest BCUT2D eigenvalue weighted by Crippen LogP contribution is -2.42. The molecule has 0 spiro atoms. The molecule has 0 unspecified atom stereocenters. The van der Waals surface area contributed by atoms with E-state index in [0.29, 0.717) is 18.1 Å². The first-order valence-electron chi connectivity index (χ1n) is 7.44. The Hall–Kier alpha value is -0.890. The zero-order valence-corrected chi connectivity index (χ0v) is 14.6. The molecule has 4 rings (SSSR count). The van der Waals surface area contributed by atoms with Crippen molar-refractivity contribution in [2.75, 3.05) is 0 Å². The number of aromatic nitrogens is 1. The van der Waals surface area contributed by atoms with Crippen molar-refractivity contribution in [1.82, 2.24) is 15.6 Å². The first-order chi connectivity index (χ1) is 10.7. The molecule has 116 valence electrons. The van der Waals surface area contributed by atoms with Gasteiger partial charge in [-0.05, 0) is 38.3 Å². The summed E-state index contributed by atoms with van der Waals surface area (Å²) in [6.45, 7) is 2.01. The Labute approximate surface area is 141 Å². The number of hydrogen-bond acceptors (Lipinski definition) is 6. The molecule has 2 aliphatic rings. The van der Waals surface area contributed by atoms with Gasteiger partial charge in [0.15, 0.2) is 0 Å². The van der Waals surface area contributed by atoms with Crippen LogP contribution >= 0.6 is 34.4 Å². The molecule has 0 radical (unpaired) electrons. The van der Waals surface area contributed by atoms with E-state index in [1.807, 2.05) is 25.3 Å². The molecule has 0 saturated carbocycles. The summed E-state index contributed by atoms with van der Waals surface area (Å²) < 4.78 is 2.31. The summed E-state index contributed by atoms with van der Waals surface area (Å²) in [5.74, 6) is 0.0664. The number of fused-ring (bicyclic) bond motifs is 2. The number of hydrogen-bond donors (Lipinski definition) is 2. The zero-order chi connectivity index (χ0) is 15.1. The number of nitrogens with one attached hydrogen (secondary N) is 2. The Morgan fingerprint density at radius 3 is 2.95 bits per heavy atom. The maximum atomic E-state index is 12.4. The van der Waals surface area contributed by atoms with E-state index < -0.39 is 0 Å². The molecule has 2 N–H and O–H groups in total. The summed E-state index contributed by atoms with van der Waals surface area (Å²) >= 11 is 4.93. The zero-order valence-electron chi connectivity index (χ0n) is 12.2. The highest BCUT2D eigenvalue weighted by molar-refractivity contribution is 8.02. The maximum absolute atomic E-state index is 12.4. The Morgan fingerprint density at radius 1 is 1.36 bits per heavy atom. The summed E-state index contributed by atoms with van der Waals surface area (Å²) in [6.07, 6.45) is 5.41. The van der Waals surface area contributed by atoms with E-state index in [1.54, 1.807) is 34.4 Å². The van der Waals surface area contributed by atoms with Crippen LogP contribution in [0.4, 0.5) is 0 Å². The molecule has 7 heteroatoms. The Balaban J connectivity index is 1.39. The molecule has 22 heavy (non-hydrogen) atoms. The van der Waals surface area contributed by atoms with Crippen LogP contribution in [-0.4, -0.2) is 29.0 Å². The van der Waals surface area contributed by atoms with E-state index in [0.717, 1.165) is 20.5 Å². The summed E-state index contributed by atoms with van der Waals surface area (Å²) in [6, 6.07) is 5.34. The molecule has 1 amide bonds. The first kappa shape index (κ1) is 14.7. The van der Waals surface area contributed by atoms with Gasteiger partial charge in [0.25, 0.3) is 5.91 Å². The fourth-order valence-electron chi connectivity index (χ4n) is 3.21. The second-order valence-electron chi connectivity index (χ2n) is 5.78. The van der Waals surface area contributed by atoms with Crippen LogP contribution in [0.25, 0.3) is 0 Å². The third-order valence-corrected chi connectivity index (χ3v) is 7.45. The molecule has 2 saturated heterocycles. The largest absolute Gasteiger partial charge is 0.347 e. The van der Waals surface area contributed by atoms with E-state index in [4.69, 9.17) is 0 Å². The molecular formula is C15H17N3OS3. The highest BCUT2D eigenvalue weighted by atomic mass is 32.2. The number of nitrogens with zero attached hydrogens (tertiary/aromatic N) is 1. The molecule has 0 aromatic carbocycles. The second-order valence-corrected chi connectivity index (χ2v) is 9.70. The fourth-order valence-corrected chi connectivity index (χ4v) is 6.45. The van der Waals surface area contributed by atoms with Crippen LogP contribution in [0.5, 0.6) is 0 Å². The highest BCUT2D eigenvalue weighted by Crippen LogP contribution is 2.36. The van der Waals surface area contributed by atoms with Crippen LogP contribution < -0.4 is 10.6 Å². The van der Waals surface area contributed by atoms with Gasteiger partial charge in [0.2, 0.25) is 0 Å². The van der Waals surface area contributed by atoms with Crippen LogP contribution in [0.2, 0.25) is 0 Å². The molecule has 0 aliphatic carbocycles. The van der Waals surface area contributed by atoms with Crippen LogP contribution in [0, 0.1) is 6.92 Å². The minimum atomic E-state index is 0.0664. The van der Waals surface area contributed by atoms with Crippen LogP contribution in [-0.2, 0) is 0 Å². The number of thiophene rings is 1. The van der Waals surface area contributed by atoms with Crippen molar-refractivity contribution >= 4 is 40.3 Å². The minimum absolute atomic E-state index is 0.0664. The predicted octanol–water partition coefficient (Wildman–Crippen LogP) is 3.29. The number of aryl methyl sites for hydroxylation is 1. The topological polar surface area (TPSA) is 54.0 Å². The number of carbonyl (C=O) groups excluding carboxylic acids is 1. The third kappa shape index (κ3) is 2.95. The van der Waals surface area contributed by atoms with Gasteiger partial charge in [0, 0.05) is 18.1 Å². The van der Waals surface area contributed by atoms with Crippen molar-refractivity contribution in [2.45, 2.75) is 52.7 Å². The molecular weight excluding hydrogens is 334 g/mol. The monoisotopic (exact) mass is 351 g/mol. The molecule has 4 heterocycles. The standard InChI is InChI=1S/C15H17N3OS3/c1-8-16-7-14(20-8)22-13-5-4-12(21-13)15(19)18-11-6-9-2-3-10(11)17-9/h4-5,7,9-11,17H,2-3,6H2,1H3,(H,18,19)/t9-,10+,11-/m1/s1. The summed E-state index contributed by atoms with van der Waals surface area (Å²) in [4.78, 5) is 17.5. The number of thiazole rings is 1. The van der Waals surface area contributed by atoms with Crippen LogP contribution in [0.15, 0.2) is 26.7 Å². The van der Waals surface area contributed by atoms with E-state index in [9.17, 15) is 4.79 Å². The lowest BCUT2D eigenvalue weighted by atomic mass is 9.95. The van der Waals surface area contributed by atoms with Gasteiger partial charge in [0.1, 0.15) is 0 Å². The SMILES string of the molecule is Cc1ncc(Sc2ccc(C(=O)N[C@@H]3C[C@H]4CC[C@@H]3N4)s2)s1. The maximum Gasteiger partial charge on any atom is 0.261 e. The van der Waals surface area contributed by atoms with E-state index >= 15 is 0 Å². The molecule has 2 aromatic rings. The molecule has 3 atom stereocenters. The number of rotatable bonds is 4. The van der Waals surface area contributed by atoms with Crippen molar-refractivity contribution in [3.05, 3.63) is 28.2 Å². The predicted molar refractivity (Wildman–Crippen MR) is 91.1 cm³/mol. The molecule has 2 aromatic heterocycles. The summed E-state index contributed by atoms with van der Waals surface area (Å²) in [5, 5.41) is 7.82. The van der Waals surface area contributed by atoms with Gasteiger partial charge in [0.05, 0.1) is 24.5 Å². The Bertz CT molecular complexity index is 696. The van der Waals surface area contributed by atoms with Crippen LogP contribution in [0.3, 0.4) is 0 Å². The van der Waals surface area contributed by atoms with Crippen molar-refractivity contribution in [3.63, 3.8) is 0 Å². The fraction of sp³-hybridized carbons (Fsp3) is 0.467. The summed E-state index contributed by atoms with van der Waals surface area (Å²) in [5.41, 5.74) is 0. The van der Waals surface area contributed by atoms with Gasteiger partial charge < -0.3 is 10.6 Å². The quantitative estimate of drug-likeness (QED) is 0.887. The van der Waals surface area contributed by atoms with Gasteiger partial charge in [-0.25, -0.2) is 4.98 Å². The van der Waals surface area contributed by atoms with Crippen molar-refractivity contribution in [3.8, 4) is 0 Å². The van der Waals surface area contributed by atoms with Gasteiger partial charge in [-0.2, -0.15) is 0 Å². The van der Waals surface area contributed by atoms with Crippen molar-refractivity contribution in [2.24, 2.45) is 0 Å². The first-order valence-corrected chi connectivity index (χ1v) is 9.89. The van der Waals surface area contributed by atoms with E-state index in [1.165, 1.54) is 17.1 Å². The van der Waals surface area contributed by atoms with Gasteiger partial charge in [-0.1, -0.05) is 11.8 Å². The Morgan fingerprint density at radius 2 is 2.27 bits per heavy atom. The number of amides is 1. The summed E-state index contributed by atoms with van der Waals surface area (Å²) in [7, 11) is 0. The molecule has 2 fully saturated rings. The average molecular weight is 352 g/mol. The smallest absolute Gasteiger partial charge is 0.261 e.